The quantitative estimate of drug-likeness (QED) is 0.430. The summed E-state index contributed by atoms with van der Waals surface area (Å²) in [5, 5.41) is 2.39. The molecule has 2 heteroatoms. The van der Waals surface area contributed by atoms with Gasteiger partial charge in [0.15, 0.2) is 0 Å². The molecule has 1 heterocycles. The van der Waals surface area contributed by atoms with Gasteiger partial charge in [-0.25, -0.2) is 4.99 Å². The summed E-state index contributed by atoms with van der Waals surface area (Å²) >= 11 is 0. The van der Waals surface area contributed by atoms with E-state index in [-0.39, 0.29) is 6.04 Å². The third-order valence-electron chi connectivity index (χ3n) is 5.07. The molecule has 0 radical (unpaired) electrons. The van der Waals surface area contributed by atoms with E-state index in [1.165, 1.54) is 21.9 Å². The number of hydrogen-bond donors (Lipinski definition) is 0. The summed E-state index contributed by atoms with van der Waals surface area (Å²) in [7, 11) is 0. The van der Waals surface area contributed by atoms with Crippen LogP contribution in [0.2, 0.25) is 0 Å². The Morgan fingerprint density at radius 2 is 1.48 bits per heavy atom. The predicted molar refractivity (Wildman–Crippen MR) is 111 cm³/mol. The SMILES string of the molecule is Cc1ccc(C2=NC(c3ccccc3)c3c(ccc4ccccc34)O2)cc1. The molecular formula is C25H19NO. The molecule has 5 rings (SSSR count). The van der Waals surface area contributed by atoms with E-state index in [1.807, 2.05) is 6.07 Å². The Bertz CT molecular complexity index is 1140. The Morgan fingerprint density at radius 1 is 0.741 bits per heavy atom. The van der Waals surface area contributed by atoms with Crippen molar-refractivity contribution < 1.29 is 4.74 Å². The molecule has 2 nitrogen and oxygen atoms in total. The number of aliphatic imine (C=N–C) groups is 1. The second-order valence-electron chi connectivity index (χ2n) is 6.91. The molecule has 4 aromatic rings. The van der Waals surface area contributed by atoms with E-state index < -0.39 is 0 Å². The van der Waals surface area contributed by atoms with Gasteiger partial charge in [0.2, 0.25) is 5.90 Å². The highest BCUT2D eigenvalue weighted by molar-refractivity contribution is 5.99. The third-order valence-corrected chi connectivity index (χ3v) is 5.07. The Labute approximate surface area is 158 Å². The molecule has 1 aliphatic heterocycles. The van der Waals surface area contributed by atoms with Crippen LogP contribution in [0.15, 0.2) is 96.0 Å². The molecule has 1 atom stereocenters. The van der Waals surface area contributed by atoms with Gasteiger partial charge in [0, 0.05) is 11.1 Å². The molecule has 130 valence electrons. The normalized spacial score (nSPS) is 15.7. The lowest BCUT2D eigenvalue weighted by Crippen LogP contribution is -2.19. The molecule has 1 aliphatic rings. The van der Waals surface area contributed by atoms with Crippen LogP contribution in [0.25, 0.3) is 10.8 Å². The van der Waals surface area contributed by atoms with E-state index >= 15 is 0 Å². The monoisotopic (exact) mass is 349 g/mol. The van der Waals surface area contributed by atoms with Gasteiger partial charge < -0.3 is 4.74 Å². The Hall–Kier alpha value is -3.39. The molecule has 0 fully saturated rings. The second-order valence-corrected chi connectivity index (χ2v) is 6.91. The lowest BCUT2D eigenvalue weighted by atomic mass is 9.92. The van der Waals surface area contributed by atoms with Crippen molar-refractivity contribution in [3.8, 4) is 5.75 Å². The fraction of sp³-hybridized carbons (Fsp3) is 0.0800. The van der Waals surface area contributed by atoms with Crippen LogP contribution in [0.5, 0.6) is 5.75 Å². The van der Waals surface area contributed by atoms with Crippen LogP contribution in [0, 0.1) is 6.92 Å². The molecular weight excluding hydrogens is 330 g/mol. The highest BCUT2D eigenvalue weighted by Crippen LogP contribution is 2.41. The van der Waals surface area contributed by atoms with E-state index in [1.54, 1.807) is 0 Å². The molecule has 0 aliphatic carbocycles. The Balaban J connectivity index is 1.74. The molecule has 27 heavy (non-hydrogen) atoms. The summed E-state index contributed by atoms with van der Waals surface area (Å²) in [5.41, 5.74) is 4.53. The Kier molecular flexibility index (Phi) is 3.75. The van der Waals surface area contributed by atoms with Crippen LogP contribution >= 0.6 is 0 Å². The minimum atomic E-state index is -0.0858. The maximum Gasteiger partial charge on any atom is 0.222 e. The zero-order chi connectivity index (χ0) is 18.2. The number of aryl methyl sites for hydroxylation is 1. The van der Waals surface area contributed by atoms with Crippen molar-refractivity contribution >= 4 is 16.7 Å². The van der Waals surface area contributed by atoms with Crippen molar-refractivity contribution in [2.45, 2.75) is 13.0 Å². The lowest BCUT2D eigenvalue weighted by Gasteiger charge is -2.26. The third kappa shape index (κ3) is 2.80. The van der Waals surface area contributed by atoms with Crippen LogP contribution in [-0.2, 0) is 0 Å². The van der Waals surface area contributed by atoms with Crippen molar-refractivity contribution in [1.82, 2.24) is 0 Å². The summed E-state index contributed by atoms with van der Waals surface area (Å²) in [6, 6.07) is 31.3. The number of ether oxygens (including phenoxy) is 1. The highest BCUT2D eigenvalue weighted by Gasteiger charge is 2.27. The average Bonchev–Trinajstić information content (AvgIpc) is 2.74. The number of rotatable bonds is 2. The molecule has 0 aromatic heterocycles. The van der Waals surface area contributed by atoms with Gasteiger partial charge in [0.25, 0.3) is 0 Å². The highest BCUT2D eigenvalue weighted by atomic mass is 16.5. The fourth-order valence-electron chi connectivity index (χ4n) is 3.67. The standard InChI is InChI=1S/C25H19NO/c1-17-11-13-20(14-12-17)25-26-24(19-8-3-2-4-9-19)23-21-10-6-5-7-18(21)15-16-22(23)27-25/h2-16,24H,1H3. The van der Waals surface area contributed by atoms with Crippen LogP contribution in [0.1, 0.15) is 28.3 Å². The molecule has 0 saturated heterocycles. The molecule has 0 amide bonds. The van der Waals surface area contributed by atoms with E-state index in [0.717, 1.165) is 16.9 Å². The first-order valence-electron chi connectivity index (χ1n) is 9.19. The molecule has 0 N–H and O–H groups in total. The maximum atomic E-state index is 6.27. The maximum absolute atomic E-state index is 6.27. The van der Waals surface area contributed by atoms with Gasteiger partial charge in [-0.05, 0) is 41.5 Å². The molecule has 1 unspecified atom stereocenters. The zero-order valence-corrected chi connectivity index (χ0v) is 15.1. The summed E-state index contributed by atoms with van der Waals surface area (Å²) in [6.07, 6.45) is 0. The van der Waals surface area contributed by atoms with Gasteiger partial charge in [-0.1, -0.05) is 78.4 Å². The first-order valence-corrected chi connectivity index (χ1v) is 9.19. The summed E-state index contributed by atoms with van der Waals surface area (Å²) in [5.74, 6) is 1.56. The molecule has 0 spiro atoms. The molecule has 0 saturated carbocycles. The summed E-state index contributed by atoms with van der Waals surface area (Å²) in [4.78, 5) is 5.04. The van der Waals surface area contributed by atoms with E-state index in [4.69, 9.17) is 9.73 Å². The first-order chi connectivity index (χ1) is 13.3. The van der Waals surface area contributed by atoms with Gasteiger partial charge in [-0.2, -0.15) is 0 Å². The summed E-state index contributed by atoms with van der Waals surface area (Å²) in [6.45, 7) is 2.08. The largest absolute Gasteiger partial charge is 0.438 e. The molecule has 4 aromatic carbocycles. The van der Waals surface area contributed by atoms with E-state index in [0.29, 0.717) is 5.90 Å². The van der Waals surface area contributed by atoms with Crippen LogP contribution in [-0.4, -0.2) is 5.90 Å². The van der Waals surface area contributed by atoms with Crippen molar-refractivity contribution in [2.75, 3.05) is 0 Å². The number of fused-ring (bicyclic) bond motifs is 3. The summed E-state index contributed by atoms with van der Waals surface area (Å²) < 4.78 is 6.27. The van der Waals surface area contributed by atoms with Crippen molar-refractivity contribution in [1.29, 1.82) is 0 Å². The van der Waals surface area contributed by atoms with Gasteiger partial charge in [-0.15, -0.1) is 0 Å². The van der Waals surface area contributed by atoms with Gasteiger partial charge in [-0.3, -0.25) is 0 Å². The van der Waals surface area contributed by atoms with Crippen molar-refractivity contribution in [2.24, 2.45) is 4.99 Å². The van der Waals surface area contributed by atoms with Crippen LogP contribution in [0.4, 0.5) is 0 Å². The zero-order valence-electron chi connectivity index (χ0n) is 15.1. The number of nitrogens with zero attached hydrogens (tertiary/aromatic N) is 1. The minimum absolute atomic E-state index is 0.0858. The van der Waals surface area contributed by atoms with Crippen LogP contribution in [0.3, 0.4) is 0 Å². The fourth-order valence-corrected chi connectivity index (χ4v) is 3.67. The predicted octanol–water partition coefficient (Wildman–Crippen LogP) is 6.08. The van der Waals surface area contributed by atoms with Crippen molar-refractivity contribution in [3.63, 3.8) is 0 Å². The smallest absolute Gasteiger partial charge is 0.222 e. The Morgan fingerprint density at radius 3 is 2.30 bits per heavy atom. The molecule has 0 bridgehead atoms. The average molecular weight is 349 g/mol. The van der Waals surface area contributed by atoms with E-state index in [2.05, 4.69) is 91.9 Å². The van der Waals surface area contributed by atoms with Crippen LogP contribution < -0.4 is 4.74 Å². The lowest BCUT2D eigenvalue weighted by molar-refractivity contribution is 0.514. The minimum Gasteiger partial charge on any atom is -0.438 e. The number of hydrogen-bond acceptors (Lipinski definition) is 2. The second kappa shape index (κ2) is 6.40. The number of benzene rings is 4. The van der Waals surface area contributed by atoms with Gasteiger partial charge in [0.05, 0.1) is 0 Å². The van der Waals surface area contributed by atoms with Gasteiger partial charge >= 0.3 is 0 Å². The van der Waals surface area contributed by atoms with Crippen molar-refractivity contribution in [3.05, 3.63) is 113 Å². The van der Waals surface area contributed by atoms with E-state index in [9.17, 15) is 0 Å². The topological polar surface area (TPSA) is 21.6 Å². The van der Waals surface area contributed by atoms with Gasteiger partial charge in [0.1, 0.15) is 11.8 Å². The first kappa shape index (κ1) is 15.8.